The van der Waals surface area contributed by atoms with E-state index in [4.69, 9.17) is 20.1 Å². The van der Waals surface area contributed by atoms with E-state index >= 15 is 0 Å². The molecule has 1 aromatic carbocycles. The number of aromatic nitrogens is 3. The molecular weight excluding hydrogens is 332 g/mol. The van der Waals surface area contributed by atoms with Crippen LogP contribution >= 0.6 is 0 Å². The van der Waals surface area contributed by atoms with Crippen molar-refractivity contribution in [1.29, 1.82) is 0 Å². The highest BCUT2D eigenvalue weighted by Gasteiger charge is 2.11. The molecule has 3 aromatic heterocycles. The minimum absolute atomic E-state index is 0.459. The number of benzene rings is 1. The summed E-state index contributed by atoms with van der Waals surface area (Å²) in [4.78, 5) is 7.01. The normalized spacial score (nSPS) is 9.92. The lowest BCUT2D eigenvalue weighted by molar-refractivity contribution is 0.424. The summed E-state index contributed by atoms with van der Waals surface area (Å²) in [5, 5.41) is 36.5. The van der Waals surface area contributed by atoms with Crippen LogP contribution in [0.15, 0.2) is 61.2 Å². The van der Waals surface area contributed by atoms with Crippen LogP contribution in [-0.2, 0) is 0 Å². The molecule has 0 unspecified atom stereocenters. The summed E-state index contributed by atoms with van der Waals surface area (Å²) in [5.41, 5.74) is 2.67. The van der Waals surface area contributed by atoms with Crippen LogP contribution in [0, 0.1) is 0 Å². The third-order valence-electron chi connectivity index (χ3n) is 3.59. The molecule has 26 heavy (non-hydrogen) atoms. The second kappa shape index (κ2) is 9.21. The van der Waals surface area contributed by atoms with Crippen molar-refractivity contribution in [3.05, 3.63) is 61.2 Å². The summed E-state index contributed by atoms with van der Waals surface area (Å²) in [7, 11) is -2.81. The average molecular weight is 353 g/mol. The first-order valence-corrected chi connectivity index (χ1v) is 8.26. The van der Waals surface area contributed by atoms with Gasteiger partial charge in [0.05, 0.1) is 0 Å². The van der Waals surface area contributed by atoms with Crippen LogP contribution in [0.4, 0.5) is 0 Å². The molecule has 0 aliphatic carbocycles. The summed E-state index contributed by atoms with van der Waals surface area (Å²) in [6, 6.07) is 10.6. The fourth-order valence-electron chi connectivity index (χ4n) is 2.32. The molecule has 0 atom stereocenters. The Hall–Kier alpha value is -2.58. The first-order chi connectivity index (χ1) is 12.5. The van der Waals surface area contributed by atoms with Crippen LogP contribution in [0.5, 0.6) is 0 Å². The van der Waals surface area contributed by atoms with Crippen molar-refractivity contribution in [2.75, 3.05) is 0 Å². The molecule has 7 nitrogen and oxygen atoms in total. The van der Waals surface area contributed by atoms with Crippen molar-refractivity contribution in [1.82, 2.24) is 14.4 Å². The smallest absolute Gasteiger partial charge is 0.423 e. The maximum absolute atomic E-state index is 8.86. The predicted octanol–water partition coefficient (Wildman–Crippen LogP) is -0.112. The van der Waals surface area contributed by atoms with Gasteiger partial charge < -0.3 is 29.5 Å². The SMILES string of the molecule is CC.OB(O)c1ccc2cc[nH]c2c1.OB(O)c1ccc2nccn2c1. The van der Waals surface area contributed by atoms with Crippen LogP contribution in [-0.4, -0.2) is 48.7 Å². The van der Waals surface area contributed by atoms with Gasteiger partial charge >= 0.3 is 14.2 Å². The second-order valence-corrected chi connectivity index (χ2v) is 5.23. The highest BCUT2D eigenvalue weighted by Crippen LogP contribution is 2.08. The number of hydrogen-bond acceptors (Lipinski definition) is 5. The molecule has 0 saturated heterocycles. The number of nitrogens with zero attached hydrogens (tertiary/aromatic N) is 2. The van der Waals surface area contributed by atoms with Gasteiger partial charge in [-0.25, -0.2) is 4.98 Å². The molecule has 0 radical (unpaired) electrons. The molecular formula is C17H21B2N3O4. The fraction of sp³-hybridized carbons (Fsp3) is 0.118. The van der Waals surface area contributed by atoms with E-state index in [1.54, 1.807) is 47.3 Å². The molecule has 4 aromatic rings. The van der Waals surface area contributed by atoms with Crippen molar-refractivity contribution in [2.45, 2.75) is 13.8 Å². The van der Waals surface area contributed by atoms with E-state index in [0.29, 0.717) is 10.9 Å². The number of fused-ring (bicyclic) bond motifs is 2. The Morgan fingerprint density at radius 1 is 0.923 bits per heavy atom. The van der Waals surface area contributed by atoms with Crippen LogP contribution < -0.4 is 10.9 Å². The number of rotatable bonds is 2. The van der Waals surface area contributed by atoms with Crippen LogP contribution in [0.2, 0.25) is 0 Å². The maximum Gasteiger partial charge on any atom is 0.489 e. The number of nitrogens with one attached hydrogen (secondary N) is 1. The maximum atomic E-state index is 8.86. The van der Waals surface area contributed by atoms with Crippen molar-refractivity contribution >= 4 is 41.7 Å². The highest BCUT2D eigenvalue weighted by molar-refractivity contribution is 6.59. The van der Waals surface area contributed by atoms with Gasteiger partial charge in [-0.2, -0.15) is 0 Å². The number of imidazole rings is 1. The summed E-state index contributed by atoms with van der Waals surface area (Å²) in [5.74, 6) is 0. The van der Waals surface area contributed by atoms with Crippen LogP contribution in [0.25, 0.3) is 16.6 Å². The summed E-state index contributed by atoms with van der Waals surface area (Å²) >= 11 is 0. The lowest BCUT2D eigenvalue weighted by atomic mass is 9.80. The Kier molecular flexibility index (Phi) is 6.99. The molecule has 4 rings (SSSR count). The van der Waals surface area contributed by atoms with Gasteiger partial charge in [0.1, 0.15) is 5.65 Å². The largest absolute Gasteiger partial charge is 0.489 e. The van der Waals surface area contributed by atoms with Gasteiger partial charge in [0.2, 0.25) is 0 Å². The predicted molar refractivity (Wildman–Crippen MR) is 104 cm³/mol. The molecule has 0 amide bonds. The first-order valence-electron chi connectivity index (χ1n) is 8.26. The van der Waals surface area contributed by atoms with Gasteiger partial charge in [0.15, 0.2) is 0 Å². The lowest BCUT2D eigenvalue weighted by Gasteiger charge is -1.99. The molecule has 3 heterocycles. The molecule has 0 aliphatic heterocycles. The molecule has 0 bridgehead atoms. The van der Waals surface area contributed by atoms with Crippen molar-refractivity contribution in [3.63, 3.8) is 0 Å². The Morgan fingerprint density at radius 3 is 2.31 bits per heavy atom. The third kappa shape index (κ3) is 4.74. The van der Waals surface area contributed by atoms with Crippen molar-refractivity contribution in [2.24, 2.45) is 0 Å². The Balaban J connectivity index is 0.000000171. The van der Waals surface area contributed by atoms with E-state index in [2.05, 4.69) is 9.97 Å². The van der Waals surface area contributed by atoms with Gasteiger partial charge in [0.25, 0.3) is 0 Å². The third-order valence-corrected chi connectivity index (χ3v) is 3.59. The van der Waals surface area contributed by atoms with Crippen LogP contribution in [0.3, 0.4) is 0 Å². The van der Waals surface area contributed by atoms with Gasteiger partial charge in [-0.1, -0.05) is 32.0 Å². The highest BCUT2D eigenvalue weighted by atomic mass is 16.4. The lowest BCUT2D eigenvalue weighted by Crippen LogP contribution is -2.30. The zero-order chi connectivity index (χ0) is 19.1. The topological polar surface area (TPSA) is 114 Å². The van der Waals surface area contributed by atoms with E-state index in [-0.39, 0.29) is 0 Å². The van der Waals surface area contributed by atoms with E-state index < -0.39 is 14.2 Å². The monoisotopic (exact) mass is 353 g/mol. The quantitative estimate of drug-likeness (QED) is 0.323. The minimum Gasteiger partial charge on any atom is -0.423 e. The first kappa shape index (κ1) is 19.7. The average Bonchev–Trinajstić information content (AvgIpc) is 3.31. The van der Waals surface area contributed by atoms with Gasteiger partial charge in [-0.15, -0.1) is 0 Å². The zero-order valence-corrected chi connectivity index (χ0v) is 14.6. The molecule has 134 valence electrons. The summed E-state index contributed by atoms with van der Waals surface area (Å²) in [6.07, 6.45) is 6.86. The molecule has 5 N–H and O–H groups in total. The Labute approximate surface area is 151 Å². The number of hydrogen-bond donors (Lipinski definition) is 5. The Bertz CT molecular complexity index is 875. The number of aromatic amines is 1. The second-order valence-electron chi connectivity index (χ2n) is 5.23. The minimum atomic E-state index is -1.42. The fourth-order valence-corrected chi connectivity index (χ4v) is 2.32. The standard InChI is InChI=1S/C8H8BNO2.C7H7BN2O2.C2H6/c11-9(12)7-2-1-6-3-4-10-8(6)5-7;11-8(12)6-1-2-7-9-3-4-10(7)5-6;1-2/h1-5,10-12H;1-5,11-12H;1-2H3. The molecule has 9 heteroatoms. The Morgan fingerprint density at radius 2 is 1.62 bits per heavy atom. The summed E-state index contributed by atoms with van der Waals surface area (Å²) in [6.45, 7) is 4.00. The molecule has 0 fully saturated rings. The number of pyridine rings is 1. The van der Waals surface area contributed by atoms with Gasteiger partial charge in [-0.05, 0) is 34.5 Å². The van der Waals surface area contributed by atoms with Crippen molar-refractivity contribution < 1.29 is 20.1 Å². The molecule has 0 aliphatic rings. The number of H-pyrrole nitrogens is 1. The molecule has 0 saturated carbocycles. The van der Waals surface area contributed by atoms with E-state index in [0.717, 1.165) is 16.6 Å². The van der Waals surface area contributed by atoms with Gasteiger partial charge in [0, 0.05) is 30.3 Å². The van der Waals surface area contributed by atoms with Crippen LogP contribution in [0.1, 0.15) is 13.8 Å². The van der Waals surface area contributed by atoms with E-state index in [1.165, 1.54) is 0 Å². The van der Waals surface area contributed by atoms with E-state index in [9.17, 15) is 0 Å². The van der Waals surface area contributed by atoms with Crippen molar-refractivity contribution in [3.8, 4) is 0 Å². The summed E-state index contributed by atoms with van der Waals surface area (Å²) < 4.78 is 1.73. The van der Waals surface area contributed by atoms with Gasteiger partial charge in [-0.3, -0.25) is 0 Å². The zero-order valence-electron chi connectivity index (χ0n) is 14.6. The van der Waals surface area contributed by atoms with E-state index in [1.807, 2.05) is 32.2 Å². The molecule has 0 spiro atoms.